The molecule has 0 aromatic heterocycles. The lowest BCUT2D eigenvalue weighted by Gasteiger charge is -2.06. The number of benzene rings is 2. The largest absolute Gasteiger partial charge is 0.488 e. The number of rotatable bonds is 5. The zero-order chi connectivity index (χ0) is 14.5. The van der Waals surface area contributed by atoms with E-state index in [4.69, 9.17) is 10.0 Å². The van der Waals surface area contributed by atoms with Crippen molar-refractivity contribution in [3.05, 3.63) is 65.0 Å². The summed E-state index contributed by atoms with van der Waals surface area (Å²) in [5, 5.41) is 18.2. The molecular formula is C15H16BFO2S. The van der Waals surface area contributed by atoms with Gasteiger partial charge in [0.2, 0.25) is 0 Å². The van der Waals surface area contributed by atoms with Crippen LogP contribution >= 0.6 is 11.8 Å². The molecule has 0 saturated heterocycles. The first-order valence-electron chi connectivity index (χ1n) is 6.33. The van der Waals surface area contributed by atoms with Crippen molar-refractivity contribution in [3.63, 3.8) is 0 Å². The van der Waals surface area contributed by atoms with Crippen molar-refractivity contribution in [1.29, 1.82) is 0 Å². The summed E-state index contributed by atoms with van der Waals surface area (Å²) in [6.45, 7) is 2.05. The fourth-order valence-electron chi connectivity index (χ4n) is 2.00. The van der Waals surface area contributed by atoms with Crippen molar-refractivity contribution in [1.82, 2.24) is 0 Å². The molecule has 0 fully saturated rings. The lowest BCUT2D eigenvalue weighted by molar-refractivity contribution is 0.425. The van der Waals surface area contributed by atoms with Crippen LogP contribution in [0.2, 0.25) is 0 Å². The van der Waals surface area contributed by atoms with Crippen LogP contribution < -0.4 is 5.46 Å². The van der Waals surface area contributed by atoms with Crippen LogP contribution in [-0.4, -0.2) is 17.2 Å². The summed E-state index contributed by atoms with van der Waals surface area (Å²) in [6.07, 6.45) is 0. The quantitative estimate of drug-likeness (QED) is 0.830. The number of hydrogen-bond donors (Lipinski definition) is 2. The predicted octanol–water partition coefficient (Wildman–Crippen LogP) is 2.25. The van der Waals surface area contributed by atoms with Crippen molar-refractivity contribution in [2.75, 3.05) is 0 Å². The van der Waals surface area contributed by atoms with Crippen molar-refractivity contribution in [2.45, 2.75) is 18.4 Å². The van der Waals surface area contributed by atoms with Gasteiger partial charge in [0.25, 0.3) is 0 Å². The fraction of sp³-hybridized carbons (Fsp3) is 0.200. The molecule has 5 heteroatoms. The predicted molar refractivity (Wildman–Crippen MR) is 82.4 cm³/mol. The number of thioether (sulfide) groups is 1. The first-order chi connectivity index (χ1) is 9.54. The maximum atomic E-state index is 13.4. The van der Waals surface area contributed by atoms with Crippen LogP contribution in [0.5, 0.6) is 0 Å². The van der Waals surface area contributed by atoms with Gasteiger partial charge in [-0.2, -0.15) is 11.8 Å². The molecule has 2 aromatic carbocycles. The van der Waals surface area contributed by atoms with Crippen molar-refractivity contribution >= 4 is 24.3 Å². The molecule has 0 spiro atoms. The minimum atomic E-state index is -1.63. The van der Waals surface area contributed by atoms with Gasteiger partial charge in [-0.05, 0) is 35.6 Å². The second kappa shape index (κ2) is 6.93. The summed E-state index contributed by atoms with van der Waals surface area (Å²) in [5.74, 6) is 1.03. The Morgan fingerprint density at radius 1 is 1.05 bits per heavy atom. The van der Waals surface area contributed by atoms with Gasteiger partial charge in [-0.25, -0.2) is 4.39 Å². The molecule has 0 unspecified atom stereocenters. The Kier molecular flexibility index (Phi) is 5.23. The summed E-state index contributed by atoms with van der Waals surface area (Å²) in [6, 6.07) is 12.4. The fourth-order valence-corrected chi connectivity index (χ4v) is 2.92. The van der Waals surface area contributed by atoms with Crippen LogP contribution in [0.1, 0.15) is 16.7 Å². The van der Waals surface area contributed by atoms with Crippen LogP contribution in [-0.2, 0) is 11.5 Å². The van der Waals surface area contributed by atoms with Crippen LogP contribution in [0.15, 0.2) is 42.5 Å². The zero-order valence-electron chi connectivity index (χ0n) is 11.2. The molecule has 2 rings (SSSR count). The second-order valence-electron chi connectivity index (χ2n) is 4.75. The lowest BCUT2D eigenvalue weighted by Crippen LogP contribution is -2.30. The monoisotopic (exact) mass is 290 g/mol. The van der Waals surface area contributed by atoms with Crippen molar-refractivity contribution in [2.24, 2.45) is 0 Å². The van der Waals surface area contributed by atoms with E-state index in [-0.39, 0.29) is 5.46 Å². The topological polar surface area (TPSA) is 40.5 Å². The summed E-state index contributed by atoms with van der Waals surface area (Å²) < 4.78 is 13.4. The lowest BCUT2D eigenvalue weighted by atomic mass is 9.79. The van der Waals surface area contributed by atoms with E-state index in [2.05, 4.69) is 25.1 Å². The molecule has 0 aliphatic rings. The molecule has 2 N–H and O–H groups in total. The SMILES string of the molecule is Cc1cccc(CSCc2cc(F)cc(B(O)O)c2)c1. The van der Waals surface area contributed by atoms with Gasteiger partial charge in [-0.15, -0.1) is 0 Å². The molecule has 20 heavy (non-hydrogen) atoms. The average molecular weight is 290 g/mol. The molecule has 2 aromatic rings. The van der Waals surface area contributed by atoms with E-state index in [0.29, 0.717) is 5.75 Å². The summed E-state index contributed by atoms with van der Waals surface area (Å²) in [7, 11) is -1.63. The summed E-state index contributed by atoms with van der Waals surface area (Å²) >= 11 is 1.67. The zero-order valence-corrected chi connectivity index (χ0v) is 12.0. The smallest absolute Gasteiger partial charge is 0.423 e. The molecule has 0 atom stereocenters. The van der Waals surface area contributed by atoms with Gasteiger partial charge in [0.15, 0.2) is 0 Å². The van der Waals surface area contributed by atoms with Crippen LogP contribution in [0.4, 0.5) is 4.39 Å². The molecule has 0 saturated carbocycles. The van der Waals surface area contributed by atoms with Gasteiger partial charge in [-0.3, -0.25) is 0 Å². The van der Waals surface area contributed by atoms with Crippen LogP contribution in [0.25, 0.3) is 0 Å². The van der Waals surface area contributed by atoms with E-state index in [9.17, 15) is 4.39 Å². The molecule has 2 nitrogen and oxygen atoms in total. The molecule has 0 radical (unpaired) electrons. The number of halogens is 1. The van der Waals surface area contributed by atoms with Gasteiger partial charge in [0.05, 0.1) is 0 Å². The first kappa shape index (κ1) is 15.1. The Labute approximate surface area is 122 Å². The van der Waals surface area contributed by atoms with E-state index in [1.54, 1.807) is 17.8 Å². The highest BCUT2D eigenvalue weighted by Crippen LogP contribution is 2.18. The molecule has 0 aliphatic heterocycles. The third kappa shape index (κ3) is 4.37. The van der Waals surface area contributed by atoms with Gasteiger partial charge >= 0.3 is 7.12 Å². The minimum absolute atomic E-state index is 0.191. The Bertz CT molecular complexity index is 590. The summed E-state index contributed by atoms with van der Waals surface area (Å²) in [5.41, 5.74) is 3.40. The van der Waals surface area contributed by atoms with E-state index in [1.165, 1.54) is 17.2 Å². The van der Waals surface area contributed by atoms with Gasteiger partial charge in [0, 0.05) is 11.5 Å². The Morgan fingerprint density at radius 2 is 1.80 bits per heavy atom. The van der Waals surface area contributed by atoms with Crippen molar-refractivity contribution < 1.29 is 14.4 Å². The molecular weight excluding hydrogens is 274 g/mol. The molecule has 0 amide bonds. The maximum absolute atomic E-state index is 13.4. The Morgan fingerprint density at radius 3 is 2.50 bits per heavy atom. The molecule has 0 bridgehead atoms. The van der Waals surface area contributed by atoms with Gasteiger partial charge < -0.3 is 10.0 Å². The first-order valence-corrected chi connectivity index (χ1v) is 7.49. The van der Waals surface area contributed by atoms with Crippen LogP contribution in [0.3, 0.4) is 0 Å². The highest BCUT2D eigenvalue weighted by Gasteiger charge is 2.13. The molecule has 0 heterocycles. The third-order valence-electron chi connectivity index (χ3n) is 2.90. The maximum Gasteiger partial charge on any atom is 0.488 e. The van der Waals surface area contributed by atoms with Gasteiger partial charge in [0.1, 0.15) is 5.82 Å². The average Bonchev–Trinajstić information content (AvgIpc) is 2.38. The normalized spacial score (nSPS) is 10.6. The third-order valence-corrected chi connectivity index (χ3v) is 3.97. The second-order valence-corrected chi connectivity index (χ2v) is 5.73. The Balaban J connectivity index is 1.97. The van der Waals surface area contributed by atoms with Crippen molar-refractivity contribution in [3.8, 4) is 0 Å². The van der Waals surface area contributed by atoms with E-state index >= 15 is 0 Å². The Hall–Kier alpha value is -1.30. The highest BCUT2D eigenvalue weighted by atomic mass is 32.2. The van der Waals surface area contributed by atoms with Gasteiger partial charge in [-0.1, -0.05) is 35.9 Å². The standard InChI is InChI=1S/C15H16BFO2S/c1-11-3-2-4-12(5-11)9-20-10-13-6-14(16(18)19)8-15(17)7-13/h2-8,18-19H,9-10H2,1H3. The molecule has 104 valence electrons. The summed E-state index contributed by atoms with van der Waals surface area (Å²) in [4.78, 5) is 0. The van der Waals surface area contributed by atoms with E-state index in [0.717, 1.165) is 17.4 Å². The van der Waals surface area contributed by atoms with Crippen LogP contribution in [0, 0.1) is 12.7 Å². The van der Waals surface area contributed by atoms with E-state index in [1.807, 2.05) is 6.07 Å². The number of hydrogen-bond acceptors (Lipinski definition) is 3. The number of aryl methyl sites for hydroxylation is 1. The minimum Gasteiger partial charge on any atom is -0.423 e. The molecule has 0 aliphatic carbocycles. The van der Waals surface area contributed by atoms with E-state index < -0.39 is 12.9 Å². The highest BCUT2D eigenvalue weighted by molar-refractivity contribution is 7.97.